The molecule has 3 heteroatoms. The van der Waals surface area contributed by atoms with Gasteiger partial charge in [0.25, 0.3) is 0 Å². The van der Waals surface area contributed by atoms with Crippen LogP contribution in [0, 0.1) is 5.92 Å². The first kappa shape index (κ1) is 10.9. The third-order valence-electron chi connectivity index (χ3n) is 3.00. The van der Waals surface area contributed by atoms with Crippen LogP contribution in [0.15, 0.2) is 0 Å². The first-order valence-electron chi connectivity index (χ1n) is 5.94. The number of rotatable bonds is 3. The van der Waals surface area contributed by atoms with E-state index in [-0.39, 0.29) is 0 Å². The highest BCUT2D eigenvalue weighted by Crippen LogP contribution is 2.39. The number of hydrogen-bond donors (Lipinski definition) is 1. The molecule has 0 saturated heterocycles. The summed E-state index contributed by atoms with van der Waals surface area (Å²) in [7, 11) is 0. The molecule has 2 unspecified atom stereocenters. The Labute approximate surface area is 96.1 Å². The van der Waals surface area contributed by atoms with E-state index < -0.39 is 0 Å². The third-order valence-corrected chi connectivity index (χ3v) is 4.29. The van der Waals surface area contributed by atoms with E-state index in [1.165, 1.54) is 23.4 Å². The van der Waals surface area contributed by atoms with Gasteiger partial charge < -0.3 is 5.32 Å². The van der Waals surface area contributed by atoms with Crippen molar-refractivity contribution >= 4 is 16.5 Å². The highest BCUT2D eigenvalue weighted by Gasteiger charge is 2.25. The molecule has 84 valence electrons. The minimum atomic E-state index is 0.707. The van der Waals surface area contributed by atoms with E-state index in [4.69, 9.17) is 4.98 Å². The van der Waals surface area contributed by atoms with Gasteiger partial charge in [-0.05, 0) is 31.1 Å². The first-order chi connectivity index (χ1) is 7.20. The molecule has 1 N–H and O–H groups in total. The van der Waals surface area contributed by atoms with Crippen molar-refractivity contribution in [2.24, 2.45) is 5.92 Å². The molecule has 1 aliphatic rings. The van der Waals surface area contributed by atoms with Gasteiger partial charge in [-0.1, -0.05) is 20.8 Å². The SMILES string of the molecule is CCCNc1nc2c(s1)C(C)CC(C)C2. The summed E-state index contributed by atoms with van der Waals surface area (Å²) in [5.41, 5.74) is 1.35. The fourth-order valence-electron chi connectivity index (χ4n) is 2.33. The lowest BCUT2D eigenvalue weighted by Gasteiger charge is -2.22. The summed E-state index contributed by atoms with van der Waals surface area (Å²) >= 11 is 1.86. The molecule has 15 heavy (non-hydrogen) atoms. The predicted octanol–water partition coefficient (Wildman–Crippen LogP) is 3.65. The van der Waals surface area contributed by atoms with Crippen LogP contribution in [-0.4, -0.2) is 11.5 Å². The third kappa shape index (κ3) is 2.33. The molecule has 0 aliphatic heterocycles. The van der Waals surface area contributed by atoms with Gasteiger partial charge in [-0.15, -0.1) is 11.3 Å². The Morgan fingerprint density at radius 3 is 3.00 bits per heavy atom. The van der Waals surface area contributed by atoms with Crippen LogP contribution in [0.25, 0.3) is 0 Å². The Balaban J connectivity index is 2.15. The van der Waals surface area contributed by atoms with E-state index in [1.807, 2.05) is 11.3 Å². The Kier molecular flexibility index (Phi) is 3.29. The van der Waals surface area contributed by atoms with Crippen molar-refractivity contribution in [3.8, 4) is 0 Å². The van der Waals surface area contributed by atoms with Gasteiger partial charge in [-0.25, -0.2) is 4.98 Å². The van der Waals surface area contributed by atoms with Gasteiger partial charge in [0.2, 0.25) is 0 Å². The van der Waals surface area contributed by atoms with Gasteiger partial charge in [0.05, 0.1) is 5.69 Å². The molecule has 1 aromatic heterocycles. The van der Waals surface area contributed by atoms with Crippen molar-refractivity contribution in [3.05, 3.63) is 10.6 Å². The molecule has 0 saturated carbocycles. The van der Waals surface area contributed by atoms with Crippen LogP contribution >= 0.6 is 11.3 Å². The van der Waals surface area contributed by atoms with Crippen LogP contribution in [0.2, 0.25) is 0 Å². The quantitative estimate of drug-likeness (QED) is 0.847. The summed E-state index contributed by atoms with van der Waals surface area (Å²) in [4.78, 5) is 6.22. The maximum absolute atomic E-state index is 4.70. The van der Waals surface area contributed by atoms with Crippen molar-refractivity contribution in [1.82, 2.24) is 4.98 Å². The molecule has 0 fully saturated rings. The minimum Gasteiger partial charge on any atom is -0.362 e. The van der Waals surface area contributed by atoms with Gasteiger partial charge in [0.1, 0.15) is 0 Å². The maximum Gasteiger partial charge on any atom is 0.183 e. The number of nitrogens with one attached hydrogen (secondary N) is 1. The lowest BCUT2D eigenvalue weighted by atomic mass is 9.86. The molecule has 2 rings (SSSR count). The average molecular weight is 224 g/mol. The lowest BCUT2D eigenvalue weighted by molar-refractivity contribution is 0.450. The molecule has 0 amide bonds. The van der Waals surface area contributed by atoms with E-state index in [9.17, 15) is 0 Å². The van der Waals surface area contributed by atoms with E-state index in [0.29, 0.717) is 5.92 Å². The zero-order valence-electron chi connectivity index (χ0n) is 9.84. The zero-order chi connectivity index (χ0) is 10.8. The molecule has 0 aromatic carbocycles. The van der Waals surface area contributed by atoms with Crippen LogP contribution < -0.4 is 5.32 Å². The molecule has 2 atom stereocenters. The Hall–Kier alpha value is -0.570. The summed E-state index contributed by atoms with van der Waals surface area (Å²) in [6, 6.07) is 0. The van der Waals surface area contributed by atoms with Crippen LogP contribution in [0.4, 0.5) is 5.13 Å². The van der Waals surface area contributed by atoms with Crippen molar-refractivity contribution in [3.63, 3.8) is 0 Å². The summed E-state index contributed by atoms with van der Waals surface area (Å²) in [6.45, 7) is 7.88. The van der Waals surface area contributed by atoms with Gasteiger partial charge in [0, 0.05) is 11.4 Å². The van der Waals surface area contributed by atoms with Gasteiger partial charge in [-0.2, -0.15) is 0 Å². The molecule has 0 bridgehead atoms. The smallest absolute Gasteiger partial charge is 0.183 e. The van der Waals surface area contributed by atoms with Crippen molar-refractivity contribution in [1.29, 1.82) is 0 Å². The van der Waals surface area contributed by atoms with Gasteiger partial charge >= 0.3 is 0 Å². The Morgan fingerprint density at radius 1 is 1.47 bits per heavy atom. The molecule has 1 aliphatic carbocycles. The average Bonchev–Trinajstić information content (AvgIpc) is 2.57. The van der Waals surface area contributed by atoms with E-state index in [0.717, 1.165) is 24.0 Å². The second kappa shape index (κ2) is 4.52. The Bertz CT molecular complexity index is 332. The van der Waals surface area contributed by atoms with E-state index >= 15 is 0 Å². The summed E-state index contributed by atoms with van der Waals surface area (Å²) in [6.07, 6.45) is 3.66. The first-order valence-corrected chi connectivity index (χ1v) is 6.75. The number of thiazole rings is 1. The van der Waals surface area contributed by atoms with Gasteiger partial charge in [0.15, 0.2) is 5.13 Å². The fourth-order valence-corrected chi connectivity index (χ4v) is 3.41. The predicted molar refractivity (Wildman–Crippen MR) is 66.8 cm³/mol. The van der Waals surface area contributed by atoms with Crippen molar-refractivity contribution in [2.45, 2.75) is 46.0 Å². The largest absolute Gasteiger partial charge is 0.362 e. The standard InChI is InChI=1S/C12H20N2S/c1-4-5-13-12-14-10-7-8(2)6-9(3)11(10)15-12/h8-9H,4-7H2,1-3H3,(H,13,14). The monoisotopic (exact) mass is 224 g/mol. The zero-order valence-corrected chi connectivity index (χ0v) is 10.7. The number of fused-ring (bicyclic) bond motifs is 1. The number of anilines is 1. The van der Waals surface area contributed by atoms with E-state index in [1.54, 1.807) is 0 Å². The van der Waals surface area contributed by atoms with Crippen LogP contribution in [0.1, 0.15) is 50.1 Å². The molecule has 0 radical (unpaired) electrons. The maximum atomic E-state index is 4.70. The lowest BCUT2D eigenvalue weighted by Crippen LogP contribution is -2.13. The number of aromatic nitrogens is 1. The highest BCUT2D eigenvalue weighted by atomic mass is 32.1. The van der Waals surface area contributed by atoms with Gasteiger partial charge in [-0.3, -0.25) is 0 Å². The molecule has 2 nitrogen and oxygen atoms in total. The van der Waals surface area contributed by atoms with Crippen LogP contribution in [-0.2, 0) is 6.42 Å². The van der Waals surface area contributed by atoms with Crippen molar-refractivity contribution in [2.75, 3.05) is 11.9 Å². The summed E-state index contributed by atoms with van der Waals surface area (Å²) < 4.78 is 0. The topological polar surface area (TPSA) is 24.9 Å². The second-order valence-electron chi connectivity index (χ2n) is 4.70. The number of nitrogens with zero attached hydrogens (tertiary/aromatic N) is 1. The molecule has 0 spiro atoms. The minimum absolute atomic E-state index is 0.707. The van der Waals surface area contributed by atoms with Crippen molar-refractivity contribution < 1.29 is 0 Å². The number of hydrogen-bond acceptors (Lipinski definition) is 3. The molecular weight excluding hydrogens is 204 g/mol. The Morgan fingerprint density at radius 2 is 2.27 bits per heavy atom. The molecular formula is C12H20N2S. The molecule has 1 heterocycles. The van der Waals surface area contributed by atoms with Crippen LogP contribution in [0.3, 0.4) is 0 Å². The second-order valence-corrected chi connectivity index (χ2v) is 5.73. The molecule has 1 aromatic rings. The summed E-state index contributed by atoms with van der Waals surface area (Å²) in [5, 5.41) is 4.52. The highest BCUT2D eigenvalue weighted by molar-refractivity contribution is 7.15. The normalized spacial score (nSPS) is 25.0. The summed E-state index contributed by atoms with van der Waals surface area (Å²) in [5.74, 6) is 1.51. The van der Waals surface area contributed by atoms with Crippen LogP contribution in [0.5, 0.6) is 0 Å². The van der Waals surface area contributed by atoms with E-state index in [2.05, 4.69) is 26.1 Å². The fraction of sp³-hybridized carbons (Fsp3) is 0.750.